The highest BCUT2D eigenvalue weighted by Crippen LogP contribution is 2.13. The number of methoxy groups -OCH3 is 1. The second-order valence-corrected chi connectivity index (χ2v) is 4.04. The summed E-state index contributed by atoms with van der Waals surface area (Å²) in [4.78, 5) is 15.9. The summed E-state index contributed by atoms with van der Waals surface area (Å²) in [7, 11) is 1.36. The average Bonchev–Trinajstić information content (AvgIpc) is 2.36. The Morgan fingerprint density at radius 1 is 1.32 bits per heavy atom. The third-order valence-corrected chi connectivity index (χ3v) is 2.62. The van der Waals surface area contributed by atoms with Crippen LogP contribution in [0, 0.1) is 18.6 Å². The molecule has 0 amide bonds. The zero-order valence-electron chi connectivity index (χ0n) is 10.5. The van der Waals surface area contributed by atoms with Crippen LogP contribution in [-0.4, -0.2) is 16.7 Å². The van der Waals surface area contributed by atoms with E-state index in [0.717, 1.165) is 22.8 Å². The molecule has 0 radical (unpaired) electrons. The second kappa shape index (κ2) is 5.17. The summed E-state index contributed by atoms with van der Waals surface area (Å²) >= 11 is 0. The first-order chi connectivity index (χ1) is 9.01. The number of hydrogen-bond acceptors (Lipinski definition) is 3. The molecule has 1 aromatic heterocycles. The predicted molar refractivity (Wildman–Crippen MR) is 65.2 cm³/mol. The highest BCUT2D eigenvalue weighted by molar-refractivity contribution is 5.20. The third kappa shape index (κ3) is 2.78. The van der Waals surface area contributed by atoms with Crippen molar-refractivity contribution in [2.24, 2.45) is 0 Å². The van der Waals surface area contributed by atoms with Crippen molar-refractivity contribution in [1.82, 2.24) is 9.55 Å². The van der Waals surface area contributed by atoms with Gasteiger partial charge >= 0.3 is 0 Å². The number of halogens is 2. The Bertz CT molecular complexity index is 668. The lowest BCUT2D eigenvalue weighted by Crippen LogP contribution is -2.23. The minimum atomic E-state index is -0.587. The van der Waals surface area contributed by atoms with E-state index in [9.17, 15) is 13.6 Å². The molecule has 0 N–H and O–H groups in total. The van der Waals surface area contributed by atoms with E-state index in [1.807, 2.05) is 0 Å². The SMILES string of the molecule is COc1nc(C)cc(=O)n1Cc1cc(F)ccc1F. The van der Waals surface area contributed by atoms with Crippen LogP contribution in [0.25, 0.3) is 0 Å². The fourth-order valence-electron chi connectivity index (χ4n) is 1.73. The van der Waals surface area contributed by atoms with E-state index in [4.69, 9.17) is 4.74 Å². The third-order valence-electron chi connectivity index (χ3n) is 2.62. The summed E-state index contributed by atoms with van der Waals surface area (Å²) in [5.41, 5.74) is 0.178. The maximum absolute atomic E-state index is 13.6. The molecule has 1 heterocycles. The maximum atomic E-state index is 13.6. The summed E-state index contributed by atoms with van der Waals surface area (Å²) < 4.78 is 32.8. The highest BCUT2D eigenvalue weighted by Gasteiger charge is 2.11. The van der Waals surface area contributed by atoms with E-state index in [1.54, 1.807) is 6.92 Å². The first-order valence-electron chi connectivity index (χ1n) is 5.57. The predicted octanol–water partition coefficient (Wildman–Crippen LogP) is 1.89. The minimum Gasteiger partial charge on any atom is -0.468 e. The van der Waals surface area contributed by atoms with Crippen LogP contribution in [0.5, 0.6) is 6.01 Å². The van der Waals surface area contributed by atoms with Crippen LogP contribution in [0.3, 0.4) is 0 Å². The molecule has 4 nitrogen and oxygen atoms in total. The number of aryl methyl sites for hydroxylation is 1. The summed E-state index contributed by atoms with van der Waals surface area (Å²) in [6.07, 6.45) is 0. The Morgan fingerprint density at radius 3 is 2.74 bits per heavy atom. The zero-order chi connectivity index (χ0) is 14.0. The maximum Gasteiger partial charge on any atom is 0.299 e. The number of ether oxygens (including phenoxy) is 1. The van der Waals surface area contributed by atoms with Crippen LogP contribution in [0.15, 0.2) is 29.1 Å². The van der Waals surface area contributed by atoms with Crippen LogP contribution in [0.2, 0.25) is 0 Å². The molecule has 0 atom stereocenters. The molecule has 0 fully saturated rings. The van der Waals surface area contributed by atoms with Crippen LogP contribution in [-0.2, 0) is 6.54 Å². The van der Waals surface area contributed by atoms with Crippen molar-refractivity contribution in [2.45, 2.75) is 13.5 Å². The van der Waals surface area contributed by atoms with Gasteiger partial charge in [0.15, 0.2) is 0 Å². The van der Waals surface area contributed by atoms with Gasteiger partial charge < -0.3 is 4.74 Å². The molecule has 0 unspecified atom stereocenters. The number of rotatable bonds is 3. The second-order valence-electron chi connectivity index (χ2n) is 4.04. The van der Waals surface area contributed by atoms with E-state index in [-0.39, 0.29) is 23.7 Å². The van der Waals surface area contributed by atoms with Gasteiger partial charge in [-0.15, -0.1) is 0 Å². The molecule has 19 heavy (non-hydrogen) atoms. The fraction of sp³-hybridized carbons (Fsp3) is 0.231. The Hall–Kier alpha value is -2.24. The van der Waals surface area contributed by atoms with Crippen LogP contribution < -0.4 is 10.3 Å². The fourth-order valence-corrected chi connectivity index (χ4v) is 1.73. The monoisotopic (exact) mass is 266 g/mol. The molecule has 6 heteroatoms. The molecule has 2 aromatic rings. The average molecular weight is 266 g/mol. The van der Waals surface area contributed by atoms with E-state index in [2.05, 4.69) is 4.98 Å². The molecule has 2 rings (SSSR count). The van der Waals surface area contributed by atoms with E-state index in [1.165, 1.54) is 13.2 Å². The molecular formula is C13H12F2N2O2. The molecule has 0 aliphatic carbocycles. The van der Waals surface area contributed by atoms with Crippen molar-refractivity contribution in [3.8, 4) is 6.01 Å². The van der Waals surface area contributed by atoms with Crippen molar-refractivity contribution >= 4 is 0 Å². The van der Waals surface area contributed by atoms with Gasteiger partial charge in [-0.1, -0.05) is 0 Å². The van der Waals surface area contributed by atoms with Gasteiger partial charge in [0.05, 0.1) is 13.7 Å². The van der Waals surface area contributed by atoms with E-state index >= 15 is 0 Å². The Balaban J connectivity index is 2.49. The Kier molecular flexibility index (Phi) is 3.59. The highest BCUT2D eigenvalue weighted by atomic mass is 19.1. The van der Waals surface area contributed by atoms with Crippen molar-refractivity contribution in [1.29, 1.82) is 0 Å². The molecule has 0 bridgehead atoms. The molecule has 0 saturated carbocycles. The lowest BCUT2D eigenvalue weighted by atomic mass is 10.2. The summed E-state index contributed by atoms with van der Waals surface area (Å²) in [5.74, 6) is -1.15. The standard InChI is InChI=1S/C13H12F2N2O2/c1-8-5-12(18)17(13(16-8)19-2)7-9-6-10(14)3-4-11(9)15/h3-6H,7H2,1-2H3. The van der Waals surface area contributed by atoms with Gasteiger partial charge in [0, 0.05) is 17.3 Å². The minimum absolute atomic E-state index is 0.0612. The van der Waals surface area contributed by atoms with Crippen molar-refractivity contribution < 1.29 is 13.5 Å². The number of nitrogens with zero attached hydrogens (tertiary/aromatic N) is 2. The van der Waals surface area contributed by atoms with Crippen LogP contribution in [0.4, 0.5) is 8.78 Å². The van der Waals surface area contributed by atoms with Gasteiger partial charge in [-0.3, -0.25) is 9.36 Å². The summed E-state index contributed by atoms with van der Waals surface area (Å²) in [6, 6.07) is 4.45. The molecule has 1 aromatic carbocycles. The van der Waals surface area contributed by atoms with Crippen molar-refractivity contribution in [3.63, 3.8) is 0 Å². The number of aromatic nitrogens is 2. The van der Waals surface area contributed by atoms with Crippen molar-refractivity contribution in [2.75, 3.05) is 7.11 Å². The first-order valence-corrected chi connectivity index (χ1v) is 5.57. The molecule has 0 spiro atoms. The molecule has 0 saturated heterocycles. The van der Waals surface area contributed by atoms with Gasteiger partial charge in [-0.25, -0.2) is 13.8 Å². The largest absolute Gasteiger partial charge is 0.468 e. The van der Waals surface area contributed by atoms with E-state index < -0.39 is 11.6 Å². The van der Waals surface area contributed by atoms with E-state index in [0.29, 0.717) is 5.69 Å². The van der Waals surface area contributed by atoms with Gasteiger partial charge in [0.1, 0.15) is 11.6 Å². The molecule has 0 aliphatic heterocycles. The Labute approximate surface area is 108 Å². The quantitative estimate of drug-likeness (QED) is 0.852. The lowest BCUT2D eigenvalue weighted by Gasteiger charge is -2.11. The van der Waals surface area contributed by atoms with Gasteiger partial charge in [-0.2, -0.15) is 0 Å². The van der Waals surface area contributed by atoms with Crippen molar-refractivity contribution in [3.05, 3.63) is 57.5 Å². The lowest BCUT2D eigenvalue weighted by molar-refractivity contribution is 0.348. The smallest absolute Gasteiger partial charge is 0.299 e. The van der Waals surface area contributed by atoms with Gasteiger partial charge in [0.25, 0.3) is 11.6 Å². The molecule has 100 valence electrons. The normalized spacial score (nSPS) is 10.5. The first kappa shape index (κ1) is 13.2. The topological polar surface area (TPSA) is 44.1 Å². The Morgan fingerprint density at radius 2 is 2.05 bits per heavy atom. The number of hydrogen-bond donors (Lipinski definition) is 0. The zero-order valence-corrected chi connectivity index (χ0v) is 10.5. The summed E-state index contributed by atoms with van der Waals surface area (Å²) in [5, 5.41) is 0. The molecule has 0 aliphatic rings. The van der Waals surface area contributed by atoms with Gasteiger partial charge in [-0.05, 0) is 25.1 Å². The van der Waals surface area contributed by atoms with Crippen LogP contribution in [0.1, 0.15) is 11.3 Å². The summed E-state index contributed by atoms with van der Waals surface area (Å²) in [6.45, 7) is 1.51. The number of benzene rings is 1. The van der Waals surface area contributed by atoms with Crippen LogP contribution >= 0.6 is 0 Å². The van der Waals surface area contributed by atoms with Gasteiger partial charge in [0.2, 0.25) is 0 Å². The molecular weight excluding hydrogens is 254 g/mol.